The lowest BCUT2D eigenvalue weighted by atomic mass is 9.84. The SMILES string of the molecule is CCCNC(C)C(Cc1ccc(Cl)c(F)c1)C(C)C. The number of rotatable bonds is 7. The summed E-state index contributed by atoms with van der Waals surface area (Å²) >= 11 is 5.72. The summed E-state index contributed by atoms with van der Waals surface area (Å²) in [5, 5.41) is 3.74. The predicted octanol–water partition coefficient (Wildman–Crippen LogP) is 4.68. The monoisotopic (exact) mass is 285 g/mol. The Bertz CT molecular complexity index is 392. The van der Waals surface area contributed by atoms with Gasteiger partial charge in [0.2, 0.25) is 0 Å². The van der Waals surface area contributed by atoms with Crippen molar-refractivity contribution in [2.24, 2.45) is 11.8 Å². The van der Waals surface area contributed by atoms with Crippen molar-refractivity contribution >= 4 is 11.6 Å². The molecule has 0 saturated heterocycles. The van der Waals surface area contributed by atoms with Crippen LogP contribution in [0.25, 0.3) is 0 Å². The Morgan fingerprint density at radius 3 is 2.47 bits per heavy atom. The van der Waals surface area contributed by atoms with Crippen LogP contribution in [0.2, 0.25) is 5.02 Å². The lowest BCUT2D eigenvalue weighted by Crippen LogP contribution is -2.37. The van der Waals surface area contributed by atoms with E-state index in [1.807, 2.05) is 6.07 Å². The second-order valence-electron chi connectivity index (χ2n) is 5.60. The smallest absolute Gasteiger partial charge is 0.142 e. The van der Waals surface area contributed by atoms with E-state index in [2.05, 4.69) is 33.0 Å². The molecule has 0 aliphatic rings. The van der Waals surface area contributed by atoms with Gasteiger partial charge < -0.3 is 5.32 Å². The first kappa shape index (κ1) is 16.5. The first-order valence-corrected chi connectivity index (χ1v) is 7.50. The number of hydrogen-bond acceptors (Lipinski definition) is 1. The van der Waals surface area contributed by atoms with Crippen LogP contribution in [0.4, 0.5) is 4.39 Å². The van der Waals surface area contributed by atoms with E-state index in [1.165, 1.54) is 0 Å². The van der Waals surface area contributed by atoms with Crippen molar-refractivity contribution < 1.29 is 4.39 Å². The molecule has 0 radical (unpaired) electrons. The minimum atomic E-state index is -0.323. The zero-order chi connectivity index (χ0) is 14.4. The van der Waals surface area contributed by atoms with Crippen LogP contribution in [0.5, 0.6) is 0 Å². The largest absolute Gasteiger partial charge is 0.314 e. The fraction of sp³-hybridized carbons (Fsp3) is 0.625. The summed E-state index contributed by atoms with van der Waals surface area (Å²) in [6.45, 7) is 9.85. The lowest BCUT2D eigenvalue weighted by molar-refractivity contribution is 0.289. The molecule has 108 valence electrons. The quantitative estimate of drug-likeness (QED) is 0.767. The molecule has 3 heteroatoms. The molecular weight excluding hydrogens is 261 g/mol. The van der Waals surface area contributed by atoms with Crippen molar-refractivity contribution in [1.29, 1.82) is 0 Å². The molecular formula is C16H25ClFN. The van der Waals surface area contributed by atoms with Gasteiger partial charge in [-0.05, 0) is 55.8 Å². The van der Waals surface area contributed by atoms with Gasteiger partial charge in [-0.2, -0.15) is 0 Å². The Hall–Kier alpha value is -0.600. The van der Waals surface area contributed by atoms with Crippen LogP contribution < -0.4 is 5.32 Å². The molecule has 0 aromatic heterocycles. The third-order valence-electron chi connectivity index (χ3n) is 3.67. The lowest BCUT2D eigenvalue weighted by Gasteiger charge is -2.28. The average Bonchev–Trinajstić information content (AvgIpc) is 2.36. The molecule has 0 fully saturated rings. The van der Waals surface area contributed by atoms with Crippen molar-refractivity contribution in [3.63, 3.8) is 0 Å². The highest BCUT2D eigenvalue weighted by Crippen LogP contribution is 2.23. The second kappa shape index (κ2) is 7.86. The van der Waals surface area contributed by atoms with Gasteiger partial charge in [0.25, 0.3) is 0 Å². The van der Waals surface area contributed by atoms with Crippen molar-refractivity contribution in [2.75, 3.05) is 6.54 Å². The number of halogens is 2. The number of benzene rings is 1. The molecule has 2 atom stereocenters. The summed E-state index contributed by atoms with van der Waals surface area (Å²) in [5.41, 5.74) is 1.02. The first-order valence-electron chi connectivity index (χ1n) is 7.13. The standard InChI is InChI=1S/C16H25ClFN/c1-5-8-19-12(4)14(11(2)3)9-13-6-7-15(17)16(18)10-13/h6-7,10-12,14,19H,5,8-9H2,1-4H3. The molecule has 0 amide bonds. The summed E-state index contributed by atoms with van der Waals surface area (Å²) in [4.78, 5) is 0. The van der Waals surface area contributed by atoms with Gasteiger partial charge in [0.05, 0.1) is 5.02 Å². The van der Waals surface area contributed by atoms with E-state index in [9.17, 15) is 4.39 Å². The number of hydrogen-bond donors (Lipinski definition) is 1. The third-order valence-corrected chi connectivity index (χ3v) is 3.98. The van der Waals surface area contributed by atoms with E-state index in [-0.39, 0.29) is 10.8 Å². The molecule has 19 heavy (non-hydrogen) atoms. The minimum Gasteiger partial charge on any atom is -0.314 e. The highest BCUT2D eigenvalue weighted by atomic mass is 35.5. The topological polar surface area (TPSA) is 12.0 Å². The van der Waals surface area contributed by atoms with E-state index in [1.54, 1.807) is 12.1 Å². The van der Waals surface area contributed by atoms with Crippen LogP contribution in [0.1, 0.15) is 39.7 Å². The van der Waals surface area contributed by atoms with E-state index in [4.69, 9.17) is 11.6 Å². The maximum Gasteiger partial charge on any atom is 0.142 e. The predicted molar refractivity (Wildman–Crippen MR) is 81.2 cm³/mol. The first-order chi connectivity index (χ1) is 8.95. The molecule has 2 unspecified atom stereocenters. The Morgan fingerprint density at radius 2 is 1.95 bits per heavy atom. The zero-order valence-corrected chi connectivity index (χ0v) is 13.1. The van der Waals surface area contributed by atoms with E-state index < -0.39 is 0 Å². The second-order valence-corrected chi connectivity index (χ2v) is 6.01. The molecule has 1 aromatic carbocycles. The zero-order valence-electron chi connectivity index (χ0n) is 12.3. The molecule has 0 saturated carbocycles. The third kappa shape index (κ3) is 5.12. The fourth-order valence-corrected chi connectivity index (χ4v) is 2.57. The minimum absolute atomic E-state index is 0.196. The molecule has 1 rings (SSSR count). The van der Waals surface area contributed by atoms with Crippen molar-refractivity contribution in [3.05, 3.63) is 34.6 Å². The summed E-state index contributed by atoms with van der Waals surface area (Å²) in [7, 11) is 0. The van der Waals surface area contributed by atoms with Crippen LogP contribution in [-0.4, -0.2) is 12.6 Å². The molecule has 0 aliphatic heterocycles. The maximum atomic E-state index is 13.5. The van der Waals surface area contributed by atoms with Gasteiger partial charge >= 0.3 is 0 Å². The highest BCUT2D eigenvalue weighted by molar-refractivity contribution is 6.30. The van der Waals surface area contributed by atoms with Crippen LogP contribution in [0, 0.1) is 17.7 Å². The molecule has 0 bridgehead atoms. The molecule has 0 aliphatic carbocycles. The number of nitrogens with one attached hydrogen (secondary N) is 1. The summed E-state index contributed by atoms with van der Waals surface area (Å²) in [5.74, 6) is 0.723. The van der Waals surface area contributed by atoms with Gasteiger partial charge in [0.1, 0.15) is 5.82 Å². The van der Waals surface area contributed by atoms with Gasteiger partial charge in [-0.3, -0.25) is 0 Å². The summed E-state index contributed by atoms with van der Waals surface area (Å²) in [6.07, 6.45) is 2.01. The highest BCUT2D eigenvalue weighted by Gasteiger charge is 2.21. The average molecular weight is 286 g/mol. The summed E-state index contributed by atoms with van der Waals surface area (Å²) < 4.78 is 13.5. The molecule has 0 spiro atoms. The van der Waals surface area contributed by atoms with Gasteiger partial charge in [-0.1, -0.05) is 38.4 Å². The Kier molecular flexibility index (Phi) is 6.81. The summed E-state index contributed by atoms with van der Waals surface area (Å²) in [6, 6.07) is 5.56. The Morgan fingerprint density at radius 1 is 1.26 bits per heavy atom. The van der Waals surface area contributed by atoms with Crippen LogP contribution in [0.3, 0.4) is 0 Å². The Labute approximate surface area is 121 Å². The fourth-order valence-electron chi connectivity index (χ4n) is 2.45. The van der Waals surface area contributed by atoms with Crippen LogP contribution in [0.15, 0.2) is 18.2 Å². The normalized spacial score (nSPS) is 14.7. The van der Waals surface area contributed by atoms with E-state index in [0.717, 1.165) is 24.9 Å². The molecule has 0 heterocycles. The van der Waals surface area contributed by atoms with Crippen LogP contribution >= 0.6 is 11.6 Å². The van der Waals surface area contributed by atoms with Crippen molar-refractivity contribution in [2.45, 2.75) is 46.6 Å². The van der Waals surface area contributed by atoms with Gasteiger partial charge in [0.15, 0.2) is 0 Å². The van der Waals surface area contributed by atoms with Gasteiger partial charge in [0, 0.05) is 6.04 Å². The maximum absolute atomic E-state index is 13.5. The molecule has 1 aromatic rings. The van der Waals surface area contributed by atoms with E-state index >= 15 is 0 Å². The van der Waals surface area contributed by atoms with Crippen molar-refractivity contribution in [1.82, 2.24) is 5.32 Å². The van der Waals surface area contributed by atoms with Gasteiger partial charge in [-0.15, -0.1) is 0 Å². The van der Waals surface area contributed by atoms with Crippen molar-refractivity contribution in [3.8, 4) is 0 Å². The Balaban J connectivity index is 2.74. The molecule has 1 nitrogen and oxygen atoms in total. The van der Waals surface area contributed by atoms with Crippen LogP contribution in [-0.2, 0) is 6.42 Å². The molecule has 1 N–H and O–H groups in total. The van der Waals surface area contributed by atoms with E-state index in [0.29, 0.717) is 17.9 Å². The van der Waals surface area contributed by atoms with Gasteiger partial charge in [-0.25, -0.2) is 4.39 Å².